The van der Waals surface area contributed by atoms with Crippen LogP contribution in [-0.4, -0.2) is 37.2 Å². The van der Waals surface area contributed by atoms with Gasteiger partial charge < -0.3 is 25.1 Å². The van der Waals surface area contributed by atoms with E-state index in [2.05, 4.69) is 0 Å². The molecule has 2 aliphatic rings. The Morgan fingerprint density at radius 2 is 2.04 bits per heavy atom. The number of benzene rings is 2. The number of ether oxygens (including phenoxy) is 3. The quantitative estimate of drug-likeness (QED) is 0.740. The third-order valence-corrected chi connectivity index (χ3v) is 5.72. The van der Waals surface area contributed by atoms with Gasteiger partial charge in [0.2, 0.25) is 0 Å². The fourth-order valence-corrected chi connectivity index (χ4v) is 4.34. The van der Waals surface area contributed by atoms with Crippen molar-refractivity contribution in [1.82, 2.24) is 0 Å². The lowest BCUT2D eigenvalue weighted by Gasteiger charge is -2.41. The maximum atomic E-state index is 11.1. The third-order valence-electron chi connectivity index (χ3n) is 5.49. The molecule has 0 radical (unpaired) electrons. The fourth-order valence-electron chi connectivity index (χ4n) is 4.14. The number of aryl methyl sites for hydroxylation is 1. The standard InChI is InChI=1S/C21H22ClNO5/c22-15-4-5-16-13(10-15)2-1-7-21(16,20-26-8-9-27-20)12-28-18-6-3-14(19(24)25)11-17(18)23/h3-6,10-11,20H,1-2,7-9,12,23H2,(H,24,25)/t21-/m0/s1. The highest BCUT2D eigenvalue weighted by Crippen LogP contribution is 2.44. The summed E-state index contributed by atoms with van der Waals surface area (Å²) in [5, 5.41) is 9.82. The van der Waals surface area contributed by atoms with Crippen LogP contribution < -0.4 is 10.5 Å². The molecule has 7 heteroatoms. The van der Waals surface area contributed by atoms with E-state index in [1.165, 1.54) is 17.7 Å². The first-order chi connectivity index (χ1) is 13.5. The van der Waals surface area contributed by atoms with Gasteiger partial charge in [0.15, 0.2) is 6.29 Å². The summed E-state index contributed by atoms with van der Waals surface area (Å²) in [4.78, 5) is 11.1. The van der Waals surface area contributed by atoms with Gasteiger partial charge in [-0.1, -0.05) is 17.7 Å². The van der Waals surface area contributed by atoms with Crippen LogP contribution in [-0.2, 0) is 21.3 Å². The molecule has 6 nitrogen and oxygen atoms in total. The van der Waals surface area contributed by atoms with Crippen molar-refractivity contribution in [3.05, 3.63) is 58.1 Å². The number of aromatic carboxylic acids is 1. The summed E-state index contributed by atoms with van der Waals surface area (Å²) >= 11 is 6.21. The van der Waals surface area contributed by atoms with Crippen molar-refractivity contribution in [3.8, 4) is 5.75 Å². The lowest BCUT2D eigenvalue weighted by molar-refractivity contribution is -0.116. The predicted molar refractivity (Wildman–Crippen MR) is 105 cm³/mol. The Kier molecular flexibility index (Phi) is 5.19. The summed E-state index contributed by atoms with van der Waals surface area (Å²) in [5.74, 6) is -0.580. The summed E-state index contributed by atoms with van der Waals surface area (Å²) in [6, 6.07) is 10.4. The van der Waals surface area contributed by atoms with Crippen LogP contribution in [0, 0.1) is 0 Å². The molecule has 0 bridgehead atoms. The Morgan fingerprint density at radius 1 is 1.25 bits per heavy atom. The molecule has 1 atom stereocenters. The number of nitrogen functional groups attached to an aromatic ring is 1. The minimum Gasteiger partial charge on any atom is -0.490 e. The maximum absolute atomic E-state index is 11.1. The minimum atomic E-state index is -1.03. The van der Waals surface area contributed by atoms with Crippen molar-refractivity contribution in [3.63, 3.8) is 0 Å². The van der Waals surface area contributed by atoms with Crippen molar-refractivity contribution in [2.45, 2.75) is 31.0 Å². The molecule has 1 fully saturated rings. The molecule has 28 heavy (non-hydrogen) atoms. The van der Waals surface area contributed by atoms with Crippen LogP contribution in [0.25, 0.3) is 0 Å². The first kappa shape index (κ1) is 19.1. The number of fused-ring (bicyclic) bond motifs is 1. The lowest BCUT2D eigenvalue weighted by atomic mass is 9.69. The average Bonchev–Trinajstić information content (AvgIpc) is 3.22. The van der Waals surface area contributed by atoms with Gasteiger partial charge in [0.25, 0.3) is 0 Å². The predicted octanol–water partition coefficient (Wildman–Crippen LogP) is 3.65. The van der Waals surface area contributed by atoms with Crippen LogP contribution in [0.2, 0.25) is 5.02 Å². The van der Waals surface area contributed by atoms with E-state index < -0.39 is 17.7 Å². The number of carbonyl (C=O) groups is 1. The van der Waals surface area contributed by atoms with Crippen molar-refractivity contribution < 1.29 is 24.1 Å². The molecule has 1 aliphatic heterocycles. The number of rotatable bonds is 5. The van der Waals surface area contributed by atoms with Crippen molar-refractivity contribution >= 4 is 23.3 Å². The van der Waals surface area contributed by atoms with E-state index in [9.17, 15) is 4.79 Å². The zero-order valence-electron chi connectivity index (χ0n) is 15.3. The number of hydrogen-bond acceptors (Lipinski definition) is 5. The number of halogens is 1. The SMILES string of the molecule is Nc1cc(C(=O)O)ccc1OC[C@@]1(C2OCCO2)CCCc2cc(Cl)ccc21. The highest BCUT2D eigenvalue weighted by molar-refractivity contribution is 6.30. The van der Waals surface area contributed by atoms with Gasteiger partial charge in [0.1, 0.15) is 12.4 Å². The molecule has 2 aromatic carbocycles. The number of nitrogens with two attached hydrogens (primary N) is 1. The van der Waals surface area contributed by atoms with Gasteiger partial charge in [0.05, 0.1) is 29.9 Å². The van der Waals surface area contributed by atoms with Gasteiger partial charge in [-0.2, -0.15) is 0 Å². The van der Waals surface area contributed by atoms with Crippen LogP contribution >= 0.6 is 11.6 Å². The van der Waals surface area contributed by atoms with Crippen LogP contribution in [0.15, 0.2) is 36.4 Å². The molecule has 4 rings (SSSR count). The second-order valence-electron chi connectivity index (χ2n) is 7.23. The Balaban J connectivity index is 1.67. The van der Waals surface area contributed by atoms with E-state index in [1.807, 2.05) is 18.2 Å². The topological polar surface area (TPSA) is 91.0 Å². The molecule has 2 aromatic rings. The molecule has 1 saturated heterocycles. The van der Waals surface area contributed by atoms with Gasteiger partial charge in [-0.25, -0.2) is 4.79 Å². The van der Waals surface area contributed by atoms with E-state index in [0.717, 1.165) is 24.8 Å². The summed E-state index contributed by atoms with van der Waals surface area (Å²) in [6.45, 7) is 1.40. The zero-order valence-corrected chi connectivity index (χ0v) is 16.1. The molecule has 0 unspecified atom stereocenters. The summed E-state index contributed by atoms with van der Waals surface area (Å²) in [6.07, 6.45) is 2.35. The smallest absolute Gasteiger partial charge is 0.335 e. The molecule has 0 amide bonds. The molecule has 0 spiro atoms. The number of carboxylic acids is 1. The maximum Gasteiger partial charge on any atom is 0.335 e. The number of anilines is 1. The van der Waals surface area contributed by atoms with Crippen molar-refractivity contribution in [2.75, 3.05) is 25.6 Å². The number of carboxylic acid groups (broad SMARTS) is 1. The average molecular weight is 404 g/mol. The Hall–Kier alpha value is -2.28. The van der Waals surface area contributed by atoms with Crippen LogP contribution in [0.5, 0.6) is 5.75 Å². The summed E-state index contributed by atoms with van der Waals surface area (Å²) in [5.41, 5.74) is 8.25. The largest absolute Gasteiger partial charge is 0.490 e. The fraction of sp³-hybridized carbons (Fsp3) is 0.381. The lowest BCUT2D eigenvalue weighted by Crippen LogP contribution is -2.47. The zero-order chi connectivity index (χ0) is 19.7. The molecule has 0 aromatic heterocycles. The first-order valence-corrected chi connectivity index (χ1v) is 9.65. The highest BCUT2D eigenvalue weighted by Gasteiger charge is 2.47. The van der Waals surface area contributed by atoms with Gasteiger partial charge in [-0.05, 0) is 60.7 Å². The Bertz CT molecular complexity index is 896. The highest BCUT2D eigenvalue weighted by atomic mass is 35.5. The Morgan fingerprint density at radius 3 is 2.75 bits per heavy atom. The van der Waals surface area contributed by atoms with E-state index in [1.54, 1.807) is 6.07 Å². The van der Waals surface area contributed by atoms with Crippen molar-refractivity contribution in [1.29, 1.82) is 0 Å². The van der Waals surface area contributed by atoms with Gasteiger partial charge >= 0.3 is 5.97 Å². The molecule has 0 saturated carbocycles. The molecule has 1 heterocycles. The van der Waals surface area contributed by atoms with E-state index in [4.69, 9.17) is 36.7 Å². The minimum absolute atomic E-state index is 0.125. The van der Waals surface area contributed by atoms with E-state index in [0.29, 0.717) is 30.6 Å². The summed E-state index contributed by atoms with van der Waals surface area (Å²) in [7, 11) is 0. The molecular weight excluding hydrogens is 382 g/mol. The van der Waals surface area contributed by atoms with Crippen LogP contribution in [0.4, 0.5) is 5.69 Å². The Labute approximate surface area is 168 Å². The normalized spacial score (nSPS) is 22.0. The third kappa shape index (κ3) is 3.43. The van der Waals surface area contributed by atoms with Gasteiger partial charge in [-0.15, -0.1) is 0 Å². The van der Waals surface area contributed by atoms with Gasteiger partial charge in [0, 0.05) is 5.02 Å². The second kappa shape index (κ2) is 7.62. The molecule has 148 valence electrons. The van der Waals surface area contributed by atoms with E-state index in [-0.39, 0.29) is 11.3 Å². The van der Waals surface area contributed by atoms with Crippen molar-refractivity contribution in [2.24, 2.45) is 0 Å². The second-order valence-corrected chi connectivity index (χ2v) is 7.67. The number of hydrogen-bond donors (Lipinski definition) is 2. The van der Waals surface area contributed by atoms with E-state index >= 15 is 0 Å². The van der Waals surface area contributed by atoms with Gasteiger partial charge in [-0.3, -0.25) is 0 Å². The molecular formula is C21H22ClNO5. The summed E-state index contributed by atoms with van der Waals surface area (Å²) < 4.78 is 17.9. The van der Waals surface area contributed by atoms with Crippen LogP contribution in [0.1, 0.15) is 34.3 Å². The molecule has 3 N–H and O–H groups in total. The molecule has 1 aliphatic carbocycles. The first-order valence-electron chi connectivity index (χ1n) is 9.27. The van der Waals surface area contributed by atoms with Crippen LogP contribution in [0.3, 0.4) is 0 Å². The monoisotopic (exact) mass is 403 g/mol.